The van der Waals surface area contributed by atoms with Gasteiger partial charge in [-0.1, -0.05) is 61.5 Å². The summed E-state index contributed by atoms with van der Waals surface area (Å²) < 4.78 is 0. The monoisotopic (exact) mass is 420 g/mol. The Kier molecular flexibility index (Phi) is 6.55. The van der Waals surface area contributed by atoms with E-state index in [0.717, 1.165) is 36.3 Å². The van der Waals surface area contributed by atoms with E-state index in [-0.39, 0.29) is 10.8 Å². The topological polar surface area (TPSA) is 36.4 Å². The lowest BCUT2D eigenvalue weighted by Crippen LogP contribution is -2.25. The van der Waals surface area contributed by atoms with Crippen LogP contribution in [-0.2, 0) is 10.8 Å². The third-order valence-electron chi connectivity index (χ3n) is 6.10. The van der Waals surface area contributed by atoms with Crippen LogP contribution in [0.2, 0.25) is 0 Å². The van der Waals surface area contributed by atoms with Gasteiger partial charge in [0.2, 0.25) is 0 Å². The van der Waals surface area contributed by atoms with E-state index in [1.165, 1.54) is 23.2 Å². The molecule has 3 heteroatoms. The van der Waals surface area contributed by atoms with Crippen LogP contribution in [0.4, 0.5) is 11.5 Å². The first-order valence-corrected chi connectivity index (χ1v) is 11.7. The number of aliphatic hydroxyl groups is 1. The van der Waals surface area contributed by atoms with Gasteiger partial charge in [-0.2, -0.15) is 0 Å². The van der Waals surface area contributed by atoms with Crippen molar-refractivity contribution in [3.05, 3.63) is 58.8 Å². The van der Waals surface area contributed by atoms with E-state index in [0.29, 0.717) is 11.7 Å². The summed E-state index contributed by atoms with van der Waals surface area (Å²) >= 11 is 0. The number of anilines is 2. The van der Waals surface area contributed by atoms with Crippen LogP contribution >= 0.6 is 0 Å². The highest BCUT2D eigenvalue weighted by atomic mass is 16.3. The van der Waals surface area contributed by atoms with Crippen molar-refractivity contribution in [3.63, 3.8) is 0 Å². The molecule has 31 heavy (non-hydrogen) atoms. The predicted molar refractivity (Wildman–Crippen MR) is 133 cm³/mol. The normalized spacial score (nSPS) is 14.5. The maximum atomic E-state index is 10.5. The highest BCUT2D eigenvalue weighted by molar-refractivity contribution is 5.67. The zero-order valence-corrected chi connectivity index (χ0v) is 20.7. The van der Waals surface area contributed by atoms with Crippen molar-refractivity contribution in [2.45, 2.75) is 85.5 Å². The minimum absolute atomic E-state index is 0.0670. The summed E-state index contributed by atoms with van der Waals surface area (Å²) in [5.74, 6) is 1.84. The Morgan fingerprint density at radius 1 is 0.968 bits per heavy atom. The lowest BCUT2D eigenvalue weighted by Gasteiger charge is -2.31. The van der Waals surface area contributed by atoms with Crippen LogP contribution in [0.5, 0.6) is 0 Å². The number of hydrogen-bond donors (Lipinski definition) is 1. The summed E-state index contributed by atoms with van der Waals surface area (Å²) in [6.07, 6.45) is 5.00. The molecule has 1 aliphatic carbocycles. The van der Waals surface area contributed by atoms with Gasteiger partial charge in [-0.25, -0.2) is 4.98 Å². The lowest BCUT2D eigenvalue weighted by atomic mass is 9.80. The fraction of sp³-hybridized carbons (Fsp3) is 0.536. The smallest absolute Gasteiger partial charge is 0.132 e. The van der Waals surface area contributed by atoms with Gasteiger partial charge in [-0.05, 0) is 77.0 Å². The summed E-state index contributed by atoms with van der Waals surface area (Å²) in [5, 5.41) is 10.5. The standard InChI is InChI=1S/C28H40N2O/c1-19(2)18-30(25-13-12-21(17-29-25)26(31)20-10-9-11-20)24-15-22(27(3,4)5)14-23(16-24)28(6,7)8/h12-17,19,31H,9-11,18H2,1-8H3. The van der Waals surface area contributed by atoms with Crippen LogP contribution in [-0.4, -0.2) is 16.6 Å². The minimum Gasteiger partial charge on any atom is -0.507 e. The van der Waals surface area contributed by atoms with E-state index in [1.54, 1.807) is 0 Å². The molecule has 0 radical (unpaired) electrons. The average Bonchev–Trinajstić information content (AvgIpc) is 2.63. The maximum absolute atomic E-state index is 10.5. The van der Waals surface area contributed by atoms with E-state index >= 15 is 0 Å². The Morgan fingerprint density at radius 2 is 1.55 bits per heavy atom. The van der Waals surface area contributed by atoms with Crippen LogP contribution in [0.25, 0.3) is 5.76 Å². The first-order valence-electron chi connectivity index (χ1n) is 11.7. The molecule has 1 saturated carbocycles. The van der Waals surface area contributed by atoms with Gasteiger partial charge in [-0.15, -0.1) is 0 Å². The quantitative estimate of drug-likeness (QED) is 0.499. The number of aromatic nitrogens is 1. The van der Waals surface area contributed by atoms with Crippen LogP contribution < -0.4 is 4.90 Å². The second-order valence-corrected chi connectivity index (χ2v) is 11.5. The number of pyridine rings is 1. The van der Waals surface area contributed by atoms with Crippen LogP contribution in [0, 0.1) is 5.92 Å². The fourth-order valence-corrected chi connectivity index (χ4v) is 3.81. The summed E-state index contributed by atoms with van der Waals surface area (Å²) in [6.45, 7) is 19.0. The van der Waals surface area contributed by atoms with E-state index in [4.69, 9.17) is 4.98 Å². The van der Waals surface area contributed by atoms with Gasteiger partial charge in [-0.3, -0.25) is 0 Å². The molecule has 0 saturated heterocycles. The summed E-state index contributed by atoms with van der Waals surface area (Å²) in [7, 11) is 0. The first kappa shape index (κ1) is 23.4. The van der Waals surface area contributed by atoms with Crippen molar-refractivity contribution in [1.29, 1.82) is 0 Å². The van der Waals surface area contributed by atoms with Gasteiger partial charge in [0.15, 0.2) is 0 Å². The zero-order chi connectivity index (χ0) is 23.0. The molecule has 0 atom stereocenters. The van der Waals surface area contributed by atoms with Gasteiger partial charge in [0.1, 0.15) is 11.6 Å². The van der Waals surface area contributed by atoms with Crippen LogP contribution in [0.15, 0.2) is 42.1 Å². The summed E-state index contributed by atoms with van der Waals surface area (Å²) in [5.41, 5.74) is 5.98. The predicted octanol–water partition coefficient (Wildman–Crippen LogP) is 7.92. The number of allylic oxidation sites excluding steroid dienone is 1. The molecule has 3 nitrogen and oxygen atoms in total. The van der Waals surface area contributed by atoms with Gasteiger partial charge in [0.25, 0.3) is 0 Å². The fourth-order valence-electron chi connectivity index (χ4n) is 3.81. The van der Waals surface area contributed by atoms with Crippen LogP contribution in [0.3, 0.4) is 0 Å². The molecule has 1 aliphatic rings. The minimum atomic E-state index is 0.0670. The molecule has 2 aromatic rings. The SMILES string of the molecule is CC(C)CN(c1cc(C(C)(C)C)cc(C(C)(C)C)c1)c1ccc(C(O)=C2CCC2)cn1. The molecule has 1 N–H and O–H groups in total. The Labute approximate surface area is 189 Å². The highest BCUT2D eigenvalue weighted by Gasteiger charge is 2.23. The molecular formula is C28H40N2O. The first-order chi connectivity index (χ1) is 14.4. The second kappa shape index (κ2) is 8.68. The second-order valence-electron chi connectivity index (χ2n) is 11.5. The number of hydrogen-bond acceptors (Lipinski definition) is 3. The molecule has 1 heterocycles. The van der Waals surface area contributed by atoms with Crippen molar-refractivity contribution in [2.24, 2.45) is 5.92 Å². The molecule has 1 aromatic heterocycles. The molecule has 168 valence electrons. The Hall–Kier alpha value is -2.29. The van der Waals surface area contributed by atoms with Gasteiger partial charge < -0.3 is 10.0 Å². The molecule has 0 unspecified atom stereocenters. The maximum Gasteiger partial charge on any atom is 0.132 e. The summed E-state index contributed by atoms with van der Waals surface area (Å²) in [6, 6.07) is 11.1. The molecule has 0 aliphatic heterocycles. The zero-order valence-electron chi connectivity index (χ0n) is 20.7. The number of nitrogens with zero attached hydrogens (tertiary/aromatic N) is 2. The third kappa shape index (κ3) is 5.50. The lowest BCUT2D eigenvalue weighted by molar-refractivity contribution is 0.486. The Balaban J connectivity index is 2.06. The largest absolute Gasteiger partial charge is 0.507 e. The van der Waals surface area contributed by atoms with E-state index < -0.39 is 0 Å². The van der Waals surface area contributed by atoms with Gasteiger partial charge >= 0.3 is 0 Å². The molecule has 0 spiro atoms. The molecular weight excluding hydrogens is 380 g/mol. The molecule has 1 fully saturated rings. The molecule has 0 amide bonds. The number of aliphatic hydroxyl groups excluding tert-OH is 1. The van der Waals surface area contributed by atoms with Crippen molar-refractivity contribution in [1.82, 2.24) is 4.98 Å². The molecule has 1 aromatic carbocycles. The Morgan fingerprint density at radius 3 is 1.94 bits per heavy atom. The van der Waals surface area contributed by atoms with Crippen LogP contribution in [0.1, 0.15) is 91.3 Å². The van der Waals surface area contributed by atoms with Crippen molar-refractivity contribution >= 4 is 17.3 Å². The van der Waals surface area contributed by atoms with Crippen molar-refractivity contribution < 1.29 is 5.11 Å². The van der Waals surface area contributed by atoms with E-state index in [1.807, 2.05) is 18.3 Å². The van der Waals surface area contributed by atoms with Crippen molar-refractivity contribution in [2.75, 3.05) is 11.4 Å². The summed E-state index contributed by atoms with van der Waals surface area (Å²) in [4.78, 5) is 7.11. The van der Waals surface area contributed by atoms with Gasteiger partial charge in [0, 0.05) is 24.0 Å². The number of benzene rings is 1. The Bertz CT molecular complexity index is 902. The van der Waals surface area contributed by atoms with E-state index in [2.05, 4.69) is 78.5 Å². The third-order valence-corrected chi connectivity index (χ3v) is 6.10. The molecule has 0 bridgehead atoms. The molecule has 3 rings (SSSR count). The van der Waals surface area contributed by atoms with Crippen molar-refractivity contribution in [3.8, 4) is 0 Å². The number of rotatable bonds is 5. The van der Waals surface area contributed by atoms with E-state index in [9.17, 15) is 5.11 Å². The average molecular weight is 421 g/mol. The highest BCUT2D eigenvalue weighted by Crippen LogP contribution is 2.36. The van der Waals surface area contributed by atoms with Gasteiger partial charge in [0.05, 0.1) is 0 Å².